The first-order valence-electron chi connectivity index (χ1n) is 5.11. The summed E-state index contributed by atoms with van der Waals surface area (Å²) in [5.74, 6) is 0.0801. The fourth-order valence-electron chi connectivity index (χ4n) is 1.48. The van der Waals surface area contributed by atoms with Gasteiger partial charge in [0.2, 0.25) is 0 Å². The van der Waals surface area contributed by atoms with Crippen molar-refractivity contribution >= 4 is 17.4 Å². The van der Waals surface area contributed by atoms with Gasteiger partial charge in [-0.05, 0) is 32.1 Å². The molecule has 1 aromatic rings. The lowest BCUT2D eigenvalue weighted by atomic mass is 10.1. The molecule has 15 heavy (non-hydrogen) atoms. The van der Waals surface area contributed by atoms with Crippen molar-refractivity contribution in [1.82, 2.24) is 4.90 Å². The van der Waals surface area contributed by atoms with E-state index in [2.05, 4.69) is 6.92 Å². The predicted molar refractivity (Wildman–Crippen MR) is 63.6 cm³/mol. The van der Waals surface area contributed by atoms with Crippen LogP contribution in [0.4, 0.5) is 0 Å². The molecule has 0 aliphatic heterocycles. The van der Waals surface area contributed by atoms with Gasteiger partial charge >= 0.3 is 0 Å². The number of carbonyl (C=O) groups excluding carboxylic acids is 1. The van der Waals surface area contributed by atoms with Crippen LogP contribution < -0.4 is 0 Å². The Labute approximate surface area is 95.8 Å². The average Bonchev–Trinajstić information content (AvgIpc) is 2.18. The Hall–Kier alpha value is -0.860. The summed E-state index contributed by atoms with van der Waals surface area (Å²) in [7, 11) is 1.94. The monoisotopic (exact) mass is 225 g/mol. The zero-order valence-electron chi connectivity index (χ0n) is 9.16. The molecule has 0 aliphatic rings. The molecular formula is C12H16ClNO. The van der Waals surface area contributed by atoms with Crippen LogP contribution in [-0.4, -0.2) is 30.8 Å². The Balaban J connectivity index is 2.65. The van der Waals surface area contributed by atoms with Crippen molar-refractivity contribution in [3.63, 3.8) is 0 Å². The number of benzene rings is 1. The number of carbonyl (C=O) groups is 1. The van der Waals surface area contributed by atoms with E-state index >= 15 is 0 Å². The van der Waals surface area contributed by atoms with E-state index < -0.39 is 0 Å². The van der Waals surface area contributed by atoms with Gasteiger partial charge in [-0.25, -0.2) is 0 Å². The van der Waals surface area contributed by atoms with Crippen molar-refractivity contribution in [2.45, 2.75) is 13.3 Å². The van der Waals surface area contributed by atoms with Crippen LogP contribution in [0, 0.1) is 0 Å². The van der Waals surface area contributed by atoms with E-state index in [0.717, 1.165) is 13.0 Å². The van der Waals surface area contributed by atoms with Gasteiger partial charge in [-0.15, -0.1) is 0 Å². The molecule has 0 heterocycles. The third-order valence-electron chi connectivity index (χ3n) is 2.19. The van der Waals surface area contributed by atoms with Gasteiger partial charge in [0, 0.05) is 5.56 Å². The molecule has 0 aliphatic carbocycles. The lowest BCUT2D eigenvalue weighted by Gasteiger charge is -2.14. The Morgan fingerprint density at radius 3 is 2.67 bits per heavy atom. The summed E-state index contributed by atoms with van der Waals surface area (Å²) in [5, 5.41) is 0.535. The maximum atomic E-state index is 11.8. The van der Waals surface area contributed by atoms with E-state index in [-0.39, 0.29) is 5.78 Å². The Morgan fingerprint density at radius 1 is 1.40 bits per heavy atom. The number of ketones is 1. The van der Waals surface area contributed by atoms with Gasteiger partial charge in [-0.2, -0.15) is 0 Å². The molecule has 0 aromatic heterocycles. The second kappa shape index (κ2) is 5.89. The molecule has 0 unspecified atom stereocenters. The number of hydrogen-bond donors (Lipinski definition) is 0. The average molecular weight is 226 g/mol. The van der Waals surface area contributed by atoms with Crippen molar-refractivity contribution in [3.8, 4) is 0 Å². The van der Waals surface area contributed by atoms with Gasteiger partial charge in [0.1, 0.15) is 0 Å². The minimum atomic E-state index is 0.0801. The van der Waals surface area contributed by atoms with E-state index in [1.165, 1.54) is 0 Å². The van der Waals surface area contributed by atoms with Gasteiger partial charge in [0.05, 0.1) is 11.6 Å². The van der Waals surface area contributed by atoms with Crippen LogP contribution in [0.3, 0.4) is 0 Å². The maximum Gasteiger partial charge on any atom is 0.178 e. The van der Waals surface area contributed by atoms with Gasteiger partial charge in [0.15, 0.2) is 5.78 Å². The Bertz CT molecular complexity index is 338. The van der Waals surface area contributed by atoms with Gasteiger partial charge < -0.3 is 0 Å². The first-order valence-corrected chi connectivity index (χ1v) is 5.49. The fourth-order valence-corrected chi connectivity index (χ4v) is 1.72. The van der Waals surface area contributed by atoms with Crippen LogP contribution in [0.15, 0.2) is 24.3 Å². The number of hydrogen-bond acceptors (Lipinski definition) is 2. The van der Waals surface area contributed by atoms with E-state index in [0.29, 0.717) is 17.1 Å². The zero-order valence-corrected chi connectivity index (χ0v) is 9.92. The summed E-state index contributed by atoms with van der Waals surface area (Å²) in [4.78, 5) is 13.8. The second-order valence-corrected chi connectivity index (χ2v) is 4.05. The number of likely N-dealkylation sites (N-methyl/N-ethyl adjacent to an activating group) is 1. The zero-order chi connectivity index (χ0) is 11.3. The lowest BCUT2D eigenvalue weighted by molar-refractivity contribution is 0.0946. The lowest BCUT2D eigenvalue weighted by Crippen LogP contribution is -2.26. The van der Waals surface area contributed by atoms with Crippen LogP contribution in [-0.2, 0) is 0 Å². The summed E-state index contributed by atoms with van der Waals surface area (Å²) >= 11 is 5.94. The van der Waals surface area contributed by atoms with Crippen LogP contribution >= 0.6 is 11.6 Å². The predicted octanol–water partition coefficient (Wildman–Crippen LogP) is 2.86. The summed E-state index contributed by atoms with van der Waals surface area (Å²) in [6.07, 6.45) is 1.05. The quantitative estimate of drug-likeness (QED) is 0.719. The van der Waals surface area contributed by atoms with Gasteiger partial charge in [0.25, 0.3) is 0 Å². The van der Waals surface area contributed by atoms with Crippen molar-refractivity contribution in [1.29, 1.82) is 0 Å². The van der Waals surface area contributed by atoms with E-state index in [4.69, 9.17) is 11.6 Å². The van der Waals surface area contributed by atoms with Crippen LogP contribution in [0.25, 0.3) is 0 Å². The van der Waals surface area contributed by atoms with E-state index in [1.54, 1.807) is 12.1 Å². The molecule has 0 fully saturated rings. The topological polar surface area (TPSA) is 20.3 Å². The minimum Gasteiger partial charge on any atom is -0.299 e. The largest absolute Gasteiger partial charge is 0.299 e. The highest BCUT2D eigenvalue weighted by Gasteiger charge is 2.11. The third kappa shape index (κ3) is 3.65. The first-order chi connectivity index (χ1) is 7.15. The molecule has 1 rings (SSSR count). The second-order valence-electron chi connectivity index (χ2n) is 3.64. The van der Waals surface area contributed by atoms with E-state index in [1.807, 2.05) is 24.1 Å². The molecule has 0 amide bonds. The standard InChI is InChI=1S/C12H16ClNO/c1-3-8-14(2)9-12(15)10-6-4-5-7-11(10)13/h4-7H,3,8-9H2,1-2H3. The Kier molecular flexibility index (Phi) is 4.79. The molecule has 0 saturated carbocycles. The molecule has 1 aromatic carbocycles. The Morgan fingerprint density at radius 2 is 2.07 bits per heavy atom. The molecule has 0 N–H and O–H groups in total. The van der Waals surface area contributed by atoms with Crippen molar-refractivity contribution < 1.29 is 4.79 Å². The molecule has 0 bridgehead atoms. The smallest absolute Gasteiger partial charge is 0.178 e. The molecule has 82 valence electrons. The highest BCUT2D eigenvalue weighted by atomic mass is 35.5. The molecule has 0 radical (unpaired) electrons. The van der Waals surface area contributed by atoms with Crippen LogP contribution in [0.1, 0.15) is 23.7 Å². The van der Waals surface area contributed by atoms with Gasteiger partial charge in [-0.1, -0.05) is 30.7 Å². The highest BCUT2D eigenvalue weighted by Crippen LogP contribution is 2.15. The van der Waals surface area contributed by atoms with Gasteiger partial charge in [-0.3, -0.25) is 9.69 Å². The summed E-state index contributed by atoms with van der Waals surface area (Å²) in [6.45, 7) is 3.45. The first kappa shape index (κ1) is 12.2. The number of halogens is 1. The highest BCUT2D eigenvalue weighted by molar-refractivity contribution is 6.34. The molecule has 0 saturated heterocycles. The van der Waals surface area contributed by atoms with Crippen molar-refractivity contribution in [2.24, 2.45) is 0 Å². The molecule has 0 atom stereocenters. The SMILES string of the molecule is CCCN(C)CC(=O)c1ccccc1Cl. The summed E-state index contributed by atoms with van der Waals surface area (Å²) < 4.78 is 0. The van der Waals surface area contributed by atoms with Crippen molar-refractivity contribution in [3.05, 3.63) is 34.9 Å². The van der Waals surface area contributed by atoms with Crippen molar-refractivity contribution in [2.75, 3.05) is 20.1 Å². The molecule has 2 nitrogen and oxygen atoms in total. The fraction of sp³-hybridized carbons (Fsp3) is 0.417. The normalized spacial score (nSPS) is 10.7. The third-order valence-corrected chi connectivity index (χ3v) is 2.52. The maximum absolute atomic E-state index is 11.8. The molecular weight excluding hydrogens is 210 g/mol. The number of nitrogens with zero attached hydrogens (tertiary/aromatic N) is 1. The molecule has 3 heteroatoms. The summed E-state index contributed by atoms with van der Waals surface area (Å²) in [6, 6.07) is 7.17. The molecule has 0 spiro atoms. The number of Topliss-reactive ketones (excluding diaryl/α,β-unsaturated/α-hetero) is 1. The summed E-state index contributed by atoms with van der Waals surface area (Å²) in [5.41, 5.74) is 0.613. The minimum absolute atomic E-state index is 0.0801. The number of rotatable bonds is 5. The van der Waals surface area contributed by atoms with Crippen LogP contribution in [0.5, 0.6) is 0 Å². The van der Waals surface area contributed by atoms with Crippen LogP contribution in [0.2, 0.25) is 5.02 Å². The van der Waals surface area contributed by atoms with E-state index in [9.17, 15) is 4.79 Å².